The van der Waals surface area contributed by atoms with Crippen LogP contribution in [-0.4, -0.2) is 0 Å². The predicted molar refractivity (Wildman–Crippen MR) is 75.1 cm³/mol. The normalized spacial score (nSPS) is 10.1. The highest BCUT2D eigenvalue weighted by atomic mass is 19.1. The van der Waals surface area contributed by atoms with Crippen molar-refractivity contribution in [1.29, 1.82) is 5.26 Å². The second kappa shape index (κ2) is 5.11. The Bertz CT molecular complexity index is 646. The predicted octanol–water partition coefficient (Wildman–Crippen LogP) is 4.37. The average Bonchev–Trinajstić information content (AvgIpc) is 2.33. The van der Waals surface area contributed by atoms with Crippen molar-refractivity contribution in [2.75, 3.05) is 5.32 Å². The first-order valence-corrected chi connectivity index (χ1v) is 6.05. The third kappa shape index (κ3) is 2.92. The second-order valence-electron chi connectivity index (χ2n) is 4.74. The summed E-state index contributed by atoms with van der Waals surface area (Å²) in [5.74, 6) is -0.413. The van der Waals surface area contributed by atoms with Gasteiger partial charge in [-0.2, -0.15) is 5.26 Å². The molecule has 1 N–H and O–H groups in total. The molecule has 0 saturated carbocycles. The molecule has 0 heterocycles. The number of nitrogens with zero attached hydrogens (tertiary/aromatic N) is 1. The molecule has 0 aliphatic rings. The highest BCUT2D eigenvalue weighted by Crippen LogP contribution is 2.26. The Morgan fingerprint density at radius 2 is 1.63 bits per heavy atom. The first-order valence-electron chi connectivity index (χ1n) is 6.05. The van der Waals surface area contributed by atoms with E-state index in [0.717, 1.165) is 16.8 Å². The van der Waals surface area contributed by atoms with Gasteiger partial charge in [-0.3, -0.25) is 0 Å². The van der Waals surface area contributed by atoms with E-state index >= 15 is 0 Å². The van der Waals surface area contributed by atoms with Gasteiger partial charge in [0.25, 0.3) is 0 Å². The molecule has 0 bridgehead atoms. The van der Waals surface area contributed by atoms with Crippen molar-refractivity contribution in [1.82, 2.24) is 0 Å². The van der Waals surface area contributed by atoms with Crippen molar-refractivity contribution in [3.05, 3.63) is 58.4 Å². The Balaban J connectivity index is 2.42. The Morgan fingerprint density at radius 3 is 2.21 bits per heavy atom. The number of nitriles is 1. The van der Waals surface area contributed by atoms with E-state index in [1.54, 1.807) is 6.07 Å². The van der Waals surface area contributed by atoms with Crippen molar-refractivity contribution in [2.45, 2.75) is 20.8 Å². The van der Waals surface area contributed by atoms with Crippen LogP contribution in [0.2, 0.25) is 0 Å². The van der Waals surface area contributed by atoms with E-state index in [4.69, 9.17) is 5.26 Å². The van der Waals surface area contributed by atoms with Crippen LogP contribution in [0.3, 0.4) is 0 Å². The van der Waals surface area contributed by atoms with Crippen LogP contribution in [0.1, 0.15) is 22.3 Å². The van der Waals surface area contributed by atoms with Gasteiger partial charge in [0.15, 0.2) is 0 Å². The number of benzene rings is 2. The monoisotopic (exact) mass is 254 g/mol. The van der Waals surface area contributed by atoms with E-state index in [1.807, 2.05) is 26.8 Å². The minimum absolute atomic E-state index is 0.310. The molecule has 2 aromatic rings. The summed E-state index contributed by atoms with van der Waals surface area (Å²) in [6.45, 7) is 6.05. The van der Waals surface area contributed by atoms with Gasteiger partial charge in [0.1, 0.15) is 5.82 Å². The van der Waals surface area contributed by atoms with Gasteiger partial charge >= 0.3 is 0 Å². The van der Waals surface area contributed by atoms with Crippen molar-refractivity contribution in [3.63, 3.8) is 0 Å². The quantitative estimate of drug-likeness (QED) is 0.864. The molecule has 0 radical (unpaired) electrons. The minimum atomic E-state index is -0.413. The standard InChI is InChI=1S/C16H15FN2/c1-10-4-11(2)16(12(3)5-10)19-15-7-13(9-18)6-14(17)8-15/h4-8,19H,1-3H3. The first kappa shape index (κ1) is 13.1. The zero-order valence-electron chi connectivity index (χ0n) is 11.2. The molecular formula is C16H15FN2. The molecule has 2 rings (SSSR count). The van der Waals surface area contributed by atoms with Gasteiger partial charge < -0.3 is 5.32 Å². The molecule has 0 spiro atoms. The number of aryl methyl sites for hydroxylation is 3. The van der Waals surface area contributed by atoms with Crippen LogP contribution >= 0.6 is 0 Å². The Morgan fingerprint density at radius 1 is 1.00 bits per heavy atom. The average molecular weight is 254 g/mol. The van der Waals surface area contributed by atoms with Crippen LogP contribution in [-0.2, 0) is 0 Å². The summed E-state index contributed by atoms with van der Waals surface area (Å²) in [5, 5.41) is 12.0. The SMILES string of the molecule is Cc1cc(C)c(Nc2cc(F)cc(C#N)c2)c(C)c1. The van der Waals surface area contributed by atoms with Crippen LogP contribution in [0, 0.1) is 37.9 Å². The van der Waals surface area contributed by atoms with Gasteiger partial charge in [0.05, 0.1) is 11.6 Å². The topological polar surface area (TPSA) is 35.8 Å². The van der Waals surface area contributed by atoms with Crippen LogP contribution < -0.4 is 5.32 Å². The lowest BCUT2D eigenvalue weighted by Gasteiger charge is -2.14. The first-order chi connectivity index (χ1) is 8.99. The molecule has 0 aromatic heterocycles. The van der Waals surface area contributed by atoms with Gasteiger partial charge in [0.2, 0.25) is 0 Å². The number of hydrogen-bond acceptors (Lipinski definition) is 2. The van der Waals surface area contributed by atoms with Gasteiger partial charge in [0, 0.05) is 11.4 Å². The van der Waals surface area contributed by atoms with Crippen molar-refractivity contribution in [3.8, 4) is 6.07 Å². The maximum Gasteiger partial charge on any atom is 0.126 e. The van der Waals surface area contributed by atoms with E-state index in [2.05, 4.69) is 17.4 Å². The summed E-state index contributed by atoms with van der Waals surface area (Å²) < 4.78 is 13.4. The van der Waals surface area contributed by atoms with Crippen LogP contribution in [0.25, 0.3) is 0 Å². The van der Waals surface area contributed by atoms with Crippen molar-refractivity contribution < 1.29 is 4.39 Å². The fourth-order valence-electron chi connectivity index (χ4n) is 2.25. The molecule has 19 heavy (non-hydrogen) atoms. The van der Waals surface area contributed by atoms with E-state index in [1.165, 1.54) is 17.7 Å². The molecule has 0 amide bonds. The van der Waals surface area contributed by atoms with Crippen LogP contribution in [0.15, 0.2) is 30.3 Å². The van der Waals surface area contributed by atoms with E-state index in [0.29, 0.717) is 11.3 Å². The van der Waals surface area contributed by atoms with E-state index < -0.39 is 5.82 Å². The summed E-state index contributed by atoms with van der Waals surface area (Å²) in [7, 11) is 0. The molecule has 2 aromatic carbocycles. The second-order valence-corrected chi connectivity index (χ2v) is 4.74. The highest BCUT2D eigenvalue weighted by molar-refractivity contribution is 5.68. The van der Waals surface area contributed by atoms with Crippen molar-refractivity contribution in [2.24, 2.45) is 0 Å². The lowest BCUT2D eigenvalue weighted by molar-refractivity contribution is 0.628. The maximum absolute atomic E-state index is 13.4. The molecule has 2 nitrogen and oxygen atoms in total. The van der Waals surface area contributed by atoms with Gasteiger partial charge in [-0.1, -0.05) is 17.7 Å². The van der Waals surface area contributed by atoms with Gasteiger partial charge in [-0.05, 0) is 50.1 Å². The molecule has 0 aliphatic heterocycles. The molecule has 0 aliphatic carbocycles. The summed E-state index contributed by atoms with van der Waals surface area (Å²) in [6.07, 6.45) is 0. The zero-order chi connectivity index (χ0) is 14.0. The smallest absolute Gasteiger partial charge is 0.126 e. The Hall–Kier alpha value is -2.34. The highest BCUT2D eigenvalue weighted by Gasteiger charge is 2.06. The van der Waals surface area contributed by atoms with Crippen LogP contribution in [0.5, 0.6) is 0 Å². The summed E-state index contributed by atoms with van der Waals surface area (Å²) in [6, 6.07) is 10.3. The third-order valence-electron chi connectivity index (χ3n) is 2.97. The molecule has 3 heteroatoms. The molecule has 0 fully saturated rings. The molecule has 0 saturated heterocycles. The van der Waals surface area contributed by atoms with E-state index in [9.17, 15) is 4.39 Å². The molecular weight excluding hydrogens is 239 g/mol. The van der Waals surface area contributed by atoms with E-state index in [-0.39, 0.29) is 0 Å². The molecule has 0 unspecified atom stereocenters. The zero-order valence-corrected chi connectivity index (χ0v) is 11.2. The number of anilines is 2. The third-order valence-corrected chi connectivity index (χ3v) is 2.97. The minimum Gasteiger partial charge on any atom is -0.355 e. The van der Waals surface area contributed by atoms with Gasteiger partial charge in [-0.25, -0.2) is 4.39 Å². The lowest BCUT2D eigenvalue weighted by Crippen LogP contribution is -1.98. The molecule has 0 atom stereocenters. The maximum atomic E-state index is 13.4. The van der Waals surface area contributed by atoms with Gasteiger partial charge in [-0.15, -0.1) is 0 Å². The number of halogens is 1. The fraction of sp³-hybridized carbons (Fsp3) is 0.188. The number of hydrogen-bond donors (Lipinski definition) is 1. The number of rotatable bonds is 2. The summed E-state index contributed by atoms with van der Waals surface area (Å²) in [4.78, 5) is 0. The Labute approximate surface area is 112 Å². The summed E-state index contributed by atoms with van der Waals surface area (Å²) >= 11 is 0. The van der Waals surface area contributed by atoms with Crippen LogP contribution in [0.4, 0.5) is 15.8 Å². The summed E-state index contributed by atoms with van der Waals surface area (Å²) in [5.41, 5.74) is 5.25. The molecule has 96 valence electrons. The Kier molecular flexibility index (Phi) is 3.52. The number of nitrogens with one attached hydrogen (secondary N) is 1. The van der Waals surface area contributed by atoms with Crippen molar-refractivity contribution >= 4 is 11.4 Å². The lowest BCUT2D eigenvalue weighted by atomic mass is 10.0. The largest absolute Gasteiger partial charge is 0.355 e. The fourth-order valence-corrected chi connectivity index (χ4v) is 2.25.